The minimum absolute atomic E-state index is 0.983. The van der Waals surface area contributed by atoms with E-state index in [1.54, 1.807) is 6.08 Å². The van der Waals surface area contributed by atoms with Crippen molar-refractivity contribution < 1.29 is 0 Å². The summed E-state index contributed by atoms with van der Waals surface area (Å²) in [4.78, 5) is 5.02. The molecule has 156 valence electrons. The molecule has 0 aliphatic rings. The zero-order valence-electron chi connectivity index (χ0n) is 18.2. The third-order valence-electron chi connectivity index (χ3n) is 6.31. The Kier molecular flexibility index (Phi) is 4.44. The van der Waals surface area contributed by atoms with Gasteiger partial charge in [-0.2, -0.15) is 0 Å². The second-order valence-electron chi connectivity index (χ2n) is 8.18. The summed E-state index contributed by atoms with van der Waals surface area (Å²) in [5.74, 6) is 0. The van der Waals surface area contributed by atoms with Crippen LogP contribution in [0.5, 0.6) is 0 Å². The van der Waals surface area contributed by atoms with Crippen LogP contribution in [0.15, 0.2) is 122 Å². The van der Waals surface area contributed by atoms with Crippen molar-refractivity contribution in [3.05, 3.63) is 128 Å². The molecule has 4 aromatic carbocycles. The SMILES string of the molecule is C=C/C=C(\C=C)c1ccc2c(c1)c1cc(-c3ccccc3)ccc1c1nc3ccccc3n21. The van der Waals surface area contributed by atoms with E-state index >= 15 is 0 Å². The maximum absolute atomic E-state index is 5.02. The number of benzene rings is 4. The standard InChI is InChI=1S/C31H22N2/c1-3-10-21(4-2)23-16-18-29-27(20-23)26-19-24(22-11-6-5-7-12-22)15-17-25(26)31-32-28-13-8-9-14-30(28)33(29)31/h3-20H,1-2H2/b21-10+. The Morgan fingerprint density at radius 2 is 1.52 bits per heavy atom. The minimum Gasteiger partial charge on any atom is -0.292 e. The summed E-state index contributed by atoms with van der Waals surface area (Å²) >= 11 is 0. The van der Waals surface area contributed by atoms with Crippen LogP contribution in [0.25, 0.3) is 55.1 Å². The van der Waals surface area contributed by atoms with Crippen molar-refractivity contribution in [3.8, 4) is 11.1 Å². The molecular formula is C31H22N2. The first-order valence-electron chi connectivity index (χ1n) is 11.1. The maximum Gasteiger partial charge on any atom is 0.146 e. The number of rotatable bonds is 4. The van der Waals surface area contributed by atoms with Crippen LogP contribution in [0.3, 0.4) is 0 Å². The molecule has 33 heavy (non-hydrogen) atoms. The fraction of sp³-hybridized carbons (Fsp3) is 0. The van der Waals surface area contributed by atoms with E-state index in [0.717, 1.165) is 38.7 Å². The van der Waals surface area contributed by atoms with Crippen LogP contribution in [-0.2, 0) is 0 Å². The van der Waals surface area contributed by atoms with Gasteiger partial charge in [-0.05, 0) is 64.0 Å². The van der Waals surface area contributed by atoms with Crippen LogP contribution in [0.4, 0.5) is 0 Å². The molecule has 0 aliphatic heterocycles. The average Bonchev–Trinajstić information content (AvgIpc) is 3.27. The Morgan fingerprint density at radius 1 is 0.697 bits per heavy atom. The number of nitrogens with zero attached hydrogens (tertiary/aromatic N) is 2. The maximum atomic E-state index is 5.02. The van der Waals surface area contributed by atoms with E-state index in [0.29, 0.717) is 0 Å². The predicted octanol–water partition coefficient (Wildman–Crippen LogP) is 8.22. The van der Waals surface area contributed by atoms with E-state index in [-0.39, 0.29) is 0 Å². The summed E-state index contributed by atoms with van der Waals surface area (Å²) in [6.07, 6.45) is 5.68. The van der Waals surface area contributed by atoms with Crippen molar-refractivity contribution in [3.63, 3.8) is 0 Å². The molecule has 0 aliphatic carbocycles. The van der Waals surface area contributed by atoms with E-state index in [9.17, 15) is 0 Å². The van der Waals surface area contributed by atoms with Gasteiger partial charge in [0.25, 0.3) is 0 Å². The predicted molar refractivity (Wildman–Crippen MR) is 142 cm³/mol. The molecule has 0 N–H and O–H groups in total. The van der Waals surface area contributed by atoms with Gasteiger partial charge in [0.15, 0.2) is 0 Å². The Morgan fingerprint density at radius 3 is 2.33 bits per heavy atom. The molecule has 2 nitrogen and oxygen atoms in total. The second-order valence-corrected chi connectivity index (χ2v) is 8.18. The number of hydrogen-bond donors (Lipinski definition) is 0. The molecule has 0 atom stereocenters. The Balaban J connectivity index is 1.79. The van der Waals surface area contributed by atoms with Crippen LogP contribution in [-0.4, -0.2) is 9.38 Å². The van der Waals surface area contributed by atoms with Crippen molar-refractivity contribution in [2.75, 3.05) is 0 Å². The lowest BCUT2D eigenvalue weighted by Crippen LogP contribution is -1.93. The lowest BCUT2D eigenvalue weighted by molar-refractivity contribution is 1.31. The number of imidazole rings is 1. The molecule has 0 unspecified atom stereocenters. The lowest BCUT2D eigenvalue weighted by Gasteiger charge is -2.13. The summed E-state index contributed by atoms with van der Waals surface area (Å²) in [6.45, 7) is 7.87. The highest BCUT2D eigenvalue weighted by molar-refractivity contribution is 6.15. The first-order chi connectivity index (χ1) is 16.3. The smallest absolute Gasteiger partial charge is 0.146 e. The summed E-state index contributed by atoms with van der Waals surface area (Å²) in [5, 5.41) is 3.52. The number of aromatic nitrogens is 2. The lowest BCUT2D eigenvalue weighted by atomic mass is 9.96. The third-order valence-corrected chi connectivity index (χ3v) is 6.31. The van der Waals surface area contributed by atoms with Gasteiger partial charge in [0.2, 0.25) is 0 Å². The number of fused-ring (bicyclic) bond motifs is 8. The van der Waals surface area contributed by atoms with Crippen LogP contribution < -0.4 is 0 Å². The first kappa shape index (κ1) is 19.3. The summed E-state index contributed by atoms with van der Waals surface area (Å²) in [7, 11) is 0. The summed E-state index contributed by atoms with van der Waals surface area (Å²) in [6, 6.07) is 32.2. The number of allylic oxidation sites excluding steroid dienone is 4. The van der Waals surface area contributed by atoms with E-state index in [4.69, 9.17) is 4.98 Å². The molecule has 0 bridgehead atoms. The van der Waals surface area contributed by atoms with Gasteiger partial charge in [-0.3, -0.25) is 4.40 Å². The quantitative estimate of drug-likeness (QED) is 0.207. The number of hydrogen-bond acceptors (Lipinski definition) is 1. The normalized spacial score (nSPS) is 12.1. The Labute approximate surface area is 192 Å². The monoisotopic (exact) mass is 422 g/mol. The zero-order valence-corrected chi connectivity index (χ0v) is 18.2. The van der Waals surface area contributed by atoms with Gasteiger partial charge in [0.1, 0.15) is 5.65 Å². The van der Waals surface area contributed by atoms with Gasteiger partial charge in [-0.15, -0.1) is 0 Å². The molecule has 2 heterocycles. The molecule has 0 fully saturated rings. The Bertz CT molecular complexity index is 1730. The minimum atomic E-state index is 0.983. The highest BCUT2D eigenvalue weighted by atomic mass is 15.0. The van der Waals surface area contributed by atoms with Gasteiger partial charge in [-0.1, -0.05) is 86.0 Å². The molecule has 0 saturated heterocycles. The molecule has 0 amide bonds. The largest absolute Gasteiger partial charge is 0.292 e. The van der Waals surface area contributed by atoms with Crippen LogP contribution in [0, 0.1) is 0 Å². The van der Waals surface area contributed by atoms with E-state index in [2.05, 4.69) is 102 Å². The molecule has 2 aromatic heterocycles. The van der Waals surface area contributed by atoms with Crippen molar-refractivity contribution in [2.45, 2.75) is 0 Å². The van der Waals surface area contributed by atoms with Gasteiger partial charge in [0.05, 0.1) is 16.6 Å². The van der Waals surface area contributed by atoms with E-state index in [1.165, 1.54) is 21.9 Å². The summed E-state index contributed by atoms with van der Waals surface area (Å²) < 4.78 is 2.28. The molecule has 0 spiro atoms. The highest BCUT2D eigenvalue weighted by Crippen LogP contribution is 2.36. The molecule has 0 radical (unpaired) electrons. The van der Waals surface area contributed by atoms with E-state index in [1.807, 2.05) is 18.2 Å². The van der Waals surface area contributed by atoms with Crippen LogP contribution in [0.2, 0.25) is 0 Å². The molecule has 6 aromatic rings. The van der Waals surface area contributed by atoms with Gasteiger partial charge in [-0.25, -0.2) is 4.98 Å². The second kappa shape index (κ2) is 7.61. The van der Waals surface area contributed by atoms with Crippen molar-refractivity contribution in [1.29, 1.82) is 0 Å². The molecule has 2 heteroatoms. The summed E-state index contributed by atoms with van der Waals surface area (Å²) in [5.41, 5.74) is 8.81. The van der Waals surface area contributed by atoms with Crippen molar-refractivity contribution in [1.82, 2.24) is 9.38 Å². The molecule has 6 rings (SSSR count). The average molecular weight is 423 g/mol. The van der Waals surface area contributed by atoms with Gasteiger partial charge >= 0.3 is 0 Å². The van der Waals surface area contributed by atoms with Crippen LogP contribution in [0.1, 0.15) is 5.56 Å². The molecular weight excluding hydrogens is 400 g/mol. The van der Waals surface area contributed by atoms with Gasteiger partial charge < -0.3 is 0 Å². The fourth-order valence-electron chi connectivity index (χ4n) is 4.76. The number of pyridine rings is 1. The Hall–Kier alpha value is -4.43. The van der Waals surface area contributed by atoms with Gasteiger partial charge in [0, 0.05) is 10.8 Å². The van der Waals surface area contributed by atoms with Crippen molar-refractivity contribution in [2.24, 2.45) is 0 Å². The van der Waals surface area contributed by atoms with E-state index < -0.39 is 0 Å². The first-order valence-corrected chi connectivity index (χ1v) is 11.1. The fourth-order valence-corrected chi connectivity index (χ4v) is 4.76. The van der Waals surface area contributed by atoms with Crippen LogP contribution >= 0.6 is 0 Å². The zero-order chi connectivity index (χ0) is 22.4. The third kappa shape index (κ3) is 3.00. The van der Waals surface area contributed by atoms with Crippen molar-refractivity contribution >= 4 is 43.9 Å². The molecule has 0 saturated carbocycles. The highest BCUT2D eigenvalue weighted by Gasteiger charge is 2.15. The number of para-hydroxylation sites is 2. The topological polar surface area (TPSA) is 17.3 Å².